The molecular weight excluding hydrogens is 259 g/mol. The molecule has 1 aromatic carbocycles. The van der Waals surface area contributed by atoms with Crippen molar-refractivity contribution in [2.45, 2.75) is 44.9 Å². The number of benzene rings is 1. The summed E-state index contributed by atoms with van der Waals surface area (Å²) in [5.41, 5.74) is 0.678. The molecule has 0 atom stereocenters. The molecule has 2 rings (SSSR count). The second-order valence-electron chi connectivity index (χ2n) is 5.43. The zero-order valence-electron chi connectivity index (χ0n) is 11.8. The number of hydrogen-bond acceptors (Lipinski definition) is 3. The third kappa shape index (κ3) is 3.71. The molecule has 1 N–H and O–H groups in total. The lowest BCUT2D eigenvalue weighted by Gasteiger charge is -2.28. The van der Waals surface area contributed by atoms with Gasteiger partial charge in [-0.25, -0.2) is 4.39 Å². The van der Waals surface area contributed by atoms with Gasteiger partial charge in [0, 0.05) is 12.5 Å². The van der Waals surface area contributed by atoms with Crippen LogP contribution < -0.4 is 0 Å². The normalized spacial score (nSPS) is 22.5. The molecule has 1 aliphatic rings. The van der Waals surface area contributed by atoms with Gasteiger partial charge >= 0.3 is 5.97 Å². The molecular formula is C16H21FO3. The van der Waals surface area contributed by atoms with Crippen molar-refractivity contribution in [2.75, 3.05) is 6.61 Å². The summed E-state index contributed by atoms with van der Waals surface area (Å²) in [6, 6.07) is 4.37. The van der Waals surface area contributed by atoms with Crippen LogP contribution in [-0.4, -0.2) is 17.7 Å². The molecule has 3 nitrogen and oxygen atoms in total. The van der Waals surface area contributed by atoms with Gasteiger partial charge in [-0.05, 0) is 56.1 Å². The van der Waals surface area contributed by atoms with E-state index in [1.54, 1.807) is 6.07 Å². The van der Waals surface area contributed by atoms with Crippen LogP contribution in [-0.2, 0) is 9.53 Å². The molecule has 110 valence electrons. The van der Waals surface area contributed by atoms with Crippen molar-refractivity contribution in [3.63, 3.8) is 0 Å². The maximum absolute atomic E-state index is 13.8. The summed E-state index contributed by atoms with van der Waals surface area (Å²) in [5, 5.41) is 9.24. The maximum Gasteiger partial charge on any atom is 0.306 e. The number of carbonyl (C=O) groups is 1. The van der Waals surface area contributed by atoms with Gasteiger partial charge in [0.25, 0.3) is 0 Å². The van der Waals surface area contributed by atoms with E-state index < -0.39 is 0 Å². The Morgan fingerprint density at radius 2 is 2.05 bits per heavy atom. The molecule has 0 bridgehead atoms. The SMILES string of the molecule is CCOC(=O)C[C@H]1CC[C@H](c2ccc(O)cc2F)CC1. The fourth-order valence-electron chi connectivity index (χ4n) is 2.98. The maximum atomic E-state index is 13.8. The molecule has 0 saturated heterocycles. The topological polar surface area (TPSA) is 46.5 Å². The zero-order chi connectivity index (χ0) is 14.5. The van der Waals surface area contributed by atoms with E-state index in [9.17, 15) is 14.3 Å². The number of carbonyl (C=O) groups excluding carboxylic acids is 1. The molecule has 0 aliphatic heterocycles. The van der Waals surface area contributed by atoms with Crippen molar-refractivity contribution in [1.82, 2.24) is 0 Å². The minimum absolute atomic E-state index is 0.0396. The molecule has 1 aliphatic carbocycles. The molecule has 0 unspecified atom stereocenters. The summed E-state index contributed by atoms with van der Waals surface area (Å²) in [6.45, 7) is 2.23. The van der Waals surface area contributed by atoms with Crippen molar-refractivity contribution in [1.29, 1.82) is 0 Å². The number of esters is 1. The van der Waals surface area contributed by atoms with Crippen LogP contribution in [0.15, 0.2) is 18.2 Å². The van der Waals surface area contributed by atoms with Crippen LogP contribution in [0.4, 0.5) is 4.39 Å². The van der Waals surface area contributed by atoms with Crippen molar-refractivity contribution in [3.05, 3.63) is 29.6 Å². The standard InChI is InChI=1S/C16H21FO3/c1-2-20-16(19)9-11-3-5-12(6-4-11)14-8-7-13(18)10-15(14)17/h7-8,10-12,18H,2-6,9H2,1H3/t11-,12-. The van der Waals surface area contributed by atoms with Crippen LogP contribution >= 0.6 is 0 Å². The number of aromatic hydroxyl groups is 1. The smallest absolute Gasteiger partial charge is 0.306 e. The molecule has 0 radical (unpaired) electrons. The van der Waals surface area contributed by atoms with E-state index in [-0.39, 0.29) is 23.5 Å². The number of ether oxygens (including phenoxy) is 1. The monoisotopic (exact) mass is 280 g/mol. The molecule has 4 heteroatoms. The lowest BCUT2D eigenvalue weighted by atomic mass is 9.77. The average Bonchev–Trinajstić information content (AvgIpc) is 2.40. The number of halogens is 1. The van der Waals surface area contributed by atoms with Gasteiger partial charge < -0.3 is 9.84 Å². The van der Waals surface area contributed by atoms with Crippen molar-refractivity contribution >= 4 is 5.97 Å². The van der Waals surface area contributed by atoms with Crippen LogP contribution in [0.3, 0.4) is 0 Å². The first-order chi connectivity index (χ1) is 9.60. The Morgan fingerprint density at radius 3 is 2.65 bits per heavy atom. The van der Waals surface area contributed by atoms with E-state index in [4.69, 9.17) is 4.74 Å². The fraction of sp³-hybridized carbons (Fsp3) is 0.562. The van der Waals surface area contributed by atoms with Gasteiger partial charge in [-0.3, -0.25) is 4.79 Å². The zero-order valence-corrected chi connectivity index (χ0v) is 11.8. The molecule has 0 spiro atoms. The van der Waals surface area contributed by atoms with Gasteiger partial charge in [0.15, 0.2) is 0 Å². The Bertz CT molecular complexity index is 465. The molecule has 1 aromatic rings. The Labute approximate surface area is 118 Å². The summed E-state index contributed by atoms with van der Waals surface area (Å²) in [6.07, 6.45) is 4.07. The van der Waals surface area contributed by atoms with E-state index in [0.29, 0.717) is 24.5 Å². The third-order valence-corrected chi connectivity index (χ3v) is 4.03. The lowest BCUT2D eigenvalue weighted by Crippen LogP contribution is -2.18. The van der Waals surface area contributed by atoms with Gasteiger partial charge in [-0.1, -0.05) is 6.07 Å². The summed E-state index contributed by atoms with van der Waals surface area (Å²) < 4.78 is 18.8. The highest BCUT2D eigenvalue weighted by Gasteiger charge is 2.26. The number of phenolic OH excluding ortho intramolecular Hbond substituents is 1. The van der Waals surface area contributed by atoms with Crippen LogP contribution in [0.1, 0.15) is 50.5 Å². The summed E-state index contributed by atoms with van der Waals surface area (Å²) in [7, 11) is 0. The Balaban J connectivity index is 1.89. The molecule has 0 aromatic heterocycles. The Kier molecular flexibility index (Phi) is 4.99. The Hall–Kier alpha value is -1.58. The second-order valence-corrected chi connectivity index (χ2v) is 5.43. The van der Waals surface area contributed by atoms with Crippen LogP contribution in [0.25, 0.3) is 0 Å². The van der Waals surface area contributed by atoms with E-state index in [1.807, 2.05) is 6.92 Å². The van der Waals surface area contributed by atoms with E-state index in [0.717, 1.165) is 25.7 Å². The van der Waals surface area contributed by atoms with Crippen molar-refractivity contribution in [3.8, 4) is 5.75 Å². The fourth-order valence-corrected chi connectivity index (χ4v) is 2.98. The van der Waals surface area contributed by atoms with Gasteiger partial charge in [0.2, 0.25) is 0 Å². The highest BCUT2D eigenvalue weighted by atomic mass is 19.1. The third-order valence-electron chi connectivity index (χ3n) is 4.03. The van der Waals surface area contributed by atoms with Gasteiger partial charge in [-0.2, -0.15) is 0 Å². The first-order valence-corrected chi connectivity index (χ1v) is 7.24. The van der Waals surface area contributed by atoms with Crippen LogP contribution in [0.2, 0.25) is 0 Å². The van der Waals surface area contributed by atoms with Crippen molar-refractivity contribution < 1.29 is 19.0 Å². The van der Waals surface area contributed by atoms with Gasteiger partial charge in [-0.15, -0.1) is 0 Å². The summed E-state index contributed by atoms with van der Waals surface area (Å²) in [4.78, 5) is 11.4. The predicted octanol–water partition coefficient (Wildman–Crippen LogP) is 3.76. The largest absolute Gasteiger partial charge is 0.508 e. The highest BCUT2D eigenvalue weighted by molar-refractivity contribution is 5.69. The number of phenols is 1. The molecule has 20 heavy (non-hydrogen) atoms. The second kappa shape index (κ2) is 6.73. The molecule has 1 saturated carbocycles. The van der Waals surface area contributed by atoms with Gasteiger partial charge in [0.1, 0.15) is 11.6 Å². The predicted molar refractivity (Wildman–Crippen MR) is 74.0 cm³/mol. The van der Waals surface area contributed by atoms with Crippen LogP contribution in [0, 0.1) is 11.7 Å². The first kappa shape index (κ1) is 14.8. The average molecular weight is 280 g/mol. The molecule has 0 heterocycles. The summed E-state index contributed by atoms with van der Waals surface area (Å²) in [5.74, 6) is 0.0346. The quantitative estimate of drug-likeness (QED) is 0.854. The number of hydrogen-bond donors (Lipinski definition) is 1. The lowest BCUT2D eigenvalue weighted by molar-refractivity contribution is -0.144. The van der Waals surface area contributed by atoms with Gasteiger partial charge in [0.05, 0.1) is 6.61 Å². The van der Waals surface area contributed by atoms with Crippen molar-refractivity contribution in [2.24, 2.45) is 5.92 Å². The Morgan fingerprint density at radius 1 is 1.35 bits per heavy atom. The van der Waals surface area contributed by atoms with E-state index in [1.165, 1.54) is 12.1 Å². The molecule has 1 fully saturated rings. The van der Waals surface area contributed by atoms with E-state index in [2.05, 4.69) is 0 Å². The number of rotatable bonds is 4. The summed E-state index contributed by atoms with van der Waals surface area (Å²) >= 11 is 0. The minimum atomic E-state index is -0.334. The van der Waals surface area contributed by atoms with Crippen LogP contribution in [0.5, 0.6) is 5.75 Å². The first-order valence-electron chi connectivity index (χ1n) is 7.24. The van der Waals surface area contributed by atoms with E-state index >= 15 is 0 Å². The molecule has 0 amide bonds. The highest BCUT2D eigenvalue weighted by Crippen LogP contribution is 2.38. The minimum Gasteiger partial charge on any atom is -0.508 e.